The summed E-state index contributed by atoms with van der Waals surface area (Å²) in [6.07, 6.45) is 6.54. The number of thioether (sulfide) groups is 1. The number of rotatable bonds is 3. The summed E-state index contributed by atoms with van der Waals surface area (Å²) in [6, 6.07) is 5.89. The van der Waals surface area contributed by atoms with Crippen LogP contribution in [-0.2, 0) is 0 Å². The Kier molecular flexibility index (Phi) is 7.85. The lowest BCUT2D eigenvalue weighted by Gasteiger charge is -1.92. The van der Waals surface area contributed by atoms with Crippen molar-refractivity contribution in [3.8, 4) is 12.3 Å². The van der Waals surface area contributed by atoms with E-state index in [2.05, 4.69) is 16.1 Å². The zero-order valence-electron chi connectivity index (χ0n) is 8.84. The minimum absolute atomic E-state index is 0. The molecule has 90 valence electrons. The molecule has 0 aliphatic carbocycles. The molecule has 0 unspecified atom stereocenters. The lowest BCUT2D eigenvalue weighted by Crippen LogP contribution is -2.05. The third-order valence-corrected chi connectivity index (χ3v) is 2.22. The molecule has 3 nitrogen and oxygen atoms in total. The number of halogens is 2. The normalized spacial score (nSPS) is 10.9. The van der Waals surface area contributed by atoms with Crippen LogP contribution >= 0.6 is 24.2 Å². The number of amidine groups is 1. The first-order valence-corrected chi connectivity index (χ1v) is 5.39. The first kappa shape index (κ1) is 15.5. The van der Waals surface area contributed by atoms with Gasteiger partial charge in [0, 0.05) is 0 Å². The molecular formula is C11H11ClFN3S. The standard InChI is InChI=1S/C11H10FN3S.ClH/c1-2-7-16-11(13)15-14-8-9-3-5-10(12)6-4-9;/h1,3-6,8H,7H2,(H2,13,15);1H/b14-8+;. The van der Waals surface area contributed by atoms with E-state index >= 15 is 0 Å². The van der Waals surface area contributed by atoms with Crippen LogP contribution in [0, 0.1) is 18.2 Å². The lowest BCUT2D eigenvalue weighted by molar-refractivity contribution is 0.628. The molecule has 0 saturated carbocycles. The Balaban J connectivity index is 0.00000256. The number of nitrogens with zero attached hydrogens (tertiary/aromatic N) is 2. The second-order valence-electron chi connectivity index (χ2n) is 2.73. The molecule has 0 radical (unpaired) electrons. The lowest BCUT2D eigenvalue weighted by atomic mass is 10.2. The smallest absolute Gasteiger partial charge is 0.181 e. The van der Waals surface area contributed by atoms with E-state index in [0.29, 0.717) is 10.9 Å². The Labute approximate surface area is 110 Å². The third kappa shape index (κ3) is 6.61. The Bertz CT molecular complexity index is 437. The molecule has 0 fully saturated rings. The topological polar surface area (TPSA) is 50.7 Å². The molecule has 0 aromatic heterocycles. The molecule has 0 atom stereocenters. The molecule has 1 aromatic carbocycles. The highest BCUT2D eigenvalue weighted by Gasteiger charge is 1.91. The summed E-state index contributed by atoms with van der Waals surface area (Å²) < 4.78 is 12.6. The number of nitrogens with two attached hydrogens (primary N) is 1. The Morgan fingerprint density at radius 1 is 1.47 bits per heavy atom. The van der Waals surface area contributed by atoms with Crippen LogP contribution < -0.4 is 5.73 Å². The maximum Gasteiger partial charge on any atom is 0.181 e. The van der Waals surface area contributed by atoms with Gasteiger partial charge in [-0.05, 0) is 17.7 Å². The van der Waals surface area contributed by atoms with Crippen molar-refractivity contribution in [1.82, 2.24) is 0 Å². The van der Waals surface area contributed by atoms with Gasteiger partial charge in [0.05, 0.1) is 12.0 Å². The molecule has 0 spiro atoms. The molecule has 6 heteroatoms. The van der Waals surface area contributed by atoms with Crippen LogP contribution in [0.2, 0.25) is 0 Å². The van der Waals surface area contributed by atoms with Gasteiger partial charge in [-0.2, -0.15) is 5.10 Å². The van der Waals surface area contributed by atoms with E-state index in [-0.39, 0.29) is 18.2 Å². The second-order valence-corrected chi connectivity index (χ2v) is 3.72. The minimum Gasteiger partial charge on any atom is -0.377 e. The number of terminal acetylenes is 1. The molecule has 0 amide bonds. The summed E-state index contributed by atoms with van der Waals surface area (Å²) in [5, 5.41) is 7.77. The van der Waals surface area contributed by atoms with Crippen molar-refractivity contribution in [2.24, 2.45) is 15.9 Å². The Morgan fingerprint density at radius 3 is 2.71 bits per heavy atom. The van der Waals surface area contributed by atoms with Gasteiger partial charge in [-0.15, -0.1) is 23.9 Å². The van der Waals surface area contributed by atoms with E-state index in [9.17, 15) is 4.39 Å². The van der Waals surface area contributed by atoms with Gasteiger partial charge in [0.15, 0.2) is 5.17 Å². The predicted octanol–water partition coefficient (Wildman–Crippen LogP) is 2.26. The molecule has 0 aliphatic heterocycles. The van der Waals surface area contributed by atoms with E-state index in [1.54, 1.807) is 12.1 Å². The van der Waals surface area contributed by atoms with Crippen LogP contribution in [0.5, 0.6) is 0 Å². The van der Waals surface area contributed by atoms with Crippen molar-refractivity contribution in [2.45, 2.75) is 0 Å². The first-order valence-electron chi connectivity index (χ1n) is 4.40. The van der Waals surface area contributed by atoms with Crippen LogP contribution in [0.3, 0.4) is 0 Å². The zero-order valence-corrected chi connectivity index (χ0v) is 10.5. The van der Waals surface area contributed by atoms with Gasteiger partial charge >= 0.3 is 0 Å². The molecule has 0 bridgehead atoms. The summed E-state index contributed by atoms with van der Waals surface area (Å²) in [6.45, 7) is 0. The van der Waals surface area contributed by atoms with Crippen molar-refractivity contribution in [2.75, 3.05) is 5.75 Å². The summed E-state index contributed by atoms with van der Waals surface area (Å²) in [5.41, 5.74) is 6.24. The average Bonchev–Trinajstić information content (AvgIpc) is 2.29. The van der Waals surface area contributed by atoms with E-state index in [4.69, 9.17) is 12.2 Å². The summed E-state index contributed by atoms with van der Waals surface area (Å²) >= 11 is 1.23. The molecule has 1 rings (SSSR count). The third-order valence-electron chi connectivity index (χ3n) is 1.54. The van der Waals surface area contributed by atoms with Crippen molar-refractivity contribution in [3.05, 3.63) is 35.6 Å². The summed E-state index contributed by atoms with van der Waals surface area (Å²) in [5.74, 6) is 2.59. The van der Waals surface area contributed by atoms with Gasteiger partial charge in [-0.1, -0.05) is 29.8 Å². The number of benzene rings is 1. The van der Waals surface area contributed by atoms with Gasteiger partial charge in [-0.25, -0.2) is 4.39 Å². The summed E-state index contributed by atoms with van der Waals surface area (Å²) in [7, 11) is 0. The molecule has 0 saturated heterocycles. The van der Waals surface area contributed by atoms with Gasteiger partial charge in [0.25, 0.3) is 0 Å². The van der Waals surface area contributed by atoms with Crippen LogP contribution in [0.1, 0.15) is 5.56 Å². The SMILES string of the molecule is C#CCS/C(N)=N/N=C/c1ccc(F)cc1.Cl. The zero-order chi connectivity index (χ0) is 11.8. The van der Waals surface area contributed by atoms with Crippen LogP contribution in [-0.4, -0.2) is 17.1 Å². The molecule has 17 heavy (non-hydrogen) atoms. The van der Waals surface area contributed by atoms with E-state index < -0.39 is 0 Å². The highest BCUT2D eigenvalue weighted by Crippen LogP contribution is 2.01. The minimum atomic E-state index is -0.287. The van der Waals surface area contributed by atoms with Gasteiger partial charge in [0.2, 0.25) is 0 Å². The van der Waals surface area contributed by atoms with Crippen molar-refractivity contribution >= 4 is 35.6 Å². The average molecular weight is 272 g/mol. The van der Waals surface area contributed by atoms with Gasteiger partial charge < -0.3 is 5.73 Å². The van der Waals surface area contributed by atoms with Gasteiger partial charge in [0.1, 0.15) is 5.82 Å². The fourth-order valence-corrected chi connectivity index (χ4v) is 1.18. The largest absolute Gasteiger partial charge is 0.377 e. The molecule has 1 aromatic rings. The monoisotopic (exact) mass is 271 g/mol. The quantitative estimate of drug-likeness (QED) is 0.397. The van der Waals surface area contributed by atoms with Crippen molar-refractivity contribution < 1.29 is 4.39 Å². The fraction of sp³-hybridized carbons (Fsp3) is 0.0909. The van der Waals surface area contributed by atoms with Crippen molar-refractivity contribution in [3.63, 3.8) is 0 Å². The van der Waals surface area contributed by atoms with Crippen LogP contribution in [0.15, 0.2) is 34.5 Å². The van der Waals surface area contributed by atoms with E-state index in [1.807, 2.05) is 0 Å². The van der Waals surface area contributed by atoms with Gasteiger partial charge in [-0.3, -0.25) is 0 Å². The number of hydrogen-bond acceptors (Lipinski definition) is 3. The first-order chi connectivity index (χ1) is 7.72. The molecule has 0 aliphatic rings. The second kappa shape index (κ2) is 8.62. The predicted molar refractivity (Wildman–Crippen MR) is 74.2 cm³/mol. The number of hydrogen-bond donors (Lipinski definition) is 1. The highest BCUT2D eigenvalue weighted by atomic mass is 35.5. The van der Waals surface area contributed by atoms with Crippen LogP contribution in [0.25, 0.3) is 0 Å². The summed E-state index contributed by atoms with van der Waals surface area (Å²) in [4.78, 5) is 0. The van der Waals surface area contributed by atoms with Crippen LogP contribution in [0.4, 0.5) is 4.39 Å². The maximum absolute atomic E-state index is 12.6. The molecule has 2 N–H and O–H groups in total. The molecule has 0 heterocycles. The fourth-order valence-electron chi connectivity index (χ4n) is 0.846. The Hall–Kier alpha value is -1.51. The highest BCUT2D eigenvalue weighted by molar-refractivity contribution is 8.13. The molecular weight excluding hydrogens is 261 g/mol. The Morgan fingerprint density at radius 2 is 2.12 bits per heavy atom. The maximum atomic E-state index is 12.6. The van der Waals surface area contributed by atoms with E-state index in [0.717, 1.165) is 5.56 Å². The van der Waals surface area contributed by atoms with Crippen molar-refractivity contribution in [1.29, 1.82) is 0 Å². The van der Waals surface area contributed by atoms with E-state index in [1.165, 1.54) is 30.1 Å².